The van der Waals surface area contributed by atoms with Crippen LogP contribution in [0.25, 0.3) is 10.9 Å². The molecule has 0 fully saturated rings. The third kappa shape index (κ3) is 2.82. The molecule has 2 atom stereocenters. The molecule has 4 heteroatoms. The Bertz CT molecular complexity index is 577. The number of carbonyl (C=O) groups is 1. The van der Waals surface area contributed by atoms with Crippen molar-refractivity contribution in [2.45, 2.75) is 33.2 Å². The van der Waals surface area contributed by atoms with Crippen LogP contribution in [0.4, 0.5) is 0 Å². The first-order valence-electron chi connectivity index (χ1n) is 6.42. The van der Waals surface area contributed by atoms with Gasteiger partial charge in [0.15, 0.2) is 0 Å². The Morgan fingerprint density at radius 1 is 1.37 bits per heavy atom. The van der Waals surface area contributed by atoms with E-state index in [1.807, 2.05) is 30.5 Å². The van der Waals surface area contributed by atoms with Gasteiger partial charge in [0.2, 0.25) is 5.91 Å². The fourth-order valence-electron chi connectivity index (χ4n) is 2.29. The average molecular weight is 281 g/mol. The fourth-order valence-corrected chi connectivity index (χ4v) is 2.29. The highest BCUT2D eigenvalue weighted by Gasteiger charge is 2.19. The van der Waals surface area contributed by atoms with Crippen LogP contribution >= 0.6 is 12.4 Å². The van der Waals surface area contributed by atoms with Crippen LogP contribution in [0.15, 0.2) is 30.5 Å². The van der Waals surface area contributed by atoms with Crippen LogP contribution in [0.2, 0.25) is 0 Å². The van der Waals surface area contributed by atoms with Crippen molar-refractivity contribution < 1.29 is 4.79 Å². The van der Waals surface area contributed by atoms with Gasteiger partial charge < -0.3 is 5.73 Å². The molecule has 1 aromatic carbocycles. The van der Waals surface area contributed by atoms with Crippen LogP contribution in [0.5, 0.6) is 0 Å². The van der Waals surface area contributed by atoms with Gasteiger partial charge in [-0.3, -0.25) is 9.36 Å². The largest absolute Gasteiger partial charge is 0.324 e. The molecule has 0 bridgehead atoms. The second-order valence-corrected chi connectivity index (χ2v) is 4.90. The van der Waals surface area contributed by atoms with Gasteiger partial charge in [-0.15, -0.1) is 12.4 Å². The Hall–Kier alpha value is -1.32. The van der Waals surface area contributed by atoms with Crippen LogP contribution in [-0.2, 0) is 0 Å². The maximum atomic E-state index is 11.7. The molecule has 3 nitrogen and oxygen atoms in total. The third-order valence-electron chi connectivity index (χ3n) is 3.70. The minimum Gasteiger partial charge on any atom is -0.324 e. The van der Waals surface area contributed by atoms with Crippen LogP contribution < -0.4 is 5.73 Å². The summed E-state index contributed by atoms with van der Waals surface area (Å²) in [5.41, 5.74) is 8.31. The highest BCUT2D eigenvalue weighted by Crippen LogP contribution is 2.30. The van der Waals surface area contributed by atoms with Crippen molar-refractivity contribution in [2.75, 3.05) is 0 Å². The topological polar surface area (TPSA) is 48.0 Å². The summed E-state index contributed by atoms with van der Waals surface area (Å²) >= 11 is 0. The van der Waals surface area contributed by atoms with E-state index in [1.165, 1.54) is 0 Å². The lowest BCUT2D eigenvalue weighted by Gasteiger charge is -2.17. The predicted molar refractivity (Wildman–Crippen MR) is 81.9 cm³/mol. The molecule has 1 unspecified atom stereocenters. The van der Waals surface area contributed by atoms with Gasteiger partial charge in [-0.2, -0.15) is 0 Å². The Morgan fingerprint density at radius 3 is 2.58 bits per heavy atom. The molecule has 0 saturated carbocycles. The number of para-hydroxylation sites is 1. The van der Waals surface area contributed by atoms with Crippen LogP contribution in [0.3, 0.4) is 0 Å². The van der Waals surface area contributed by atoms with Crippen LogP contribution in [-0.4, -0.2) is 10.5 Å². The lowest BCUT2D eigenvalue weighted by Crippen LogP contribution is -2.18. The minimum absolute atomic E-state index is 0. The maximum absolute atomic E-state index is 11.7. The molecular formula is C15H21ClN2O. The fraction of sp³-hybridized carbons (Fsp3) is 0.400. The zero-order valence-electron chi connectivity index (χ0n) is 11.6. The Labute approximate surface area is 120 Å². The van der Waals surface area contributed by atoms with E-state index in [0.29, 0.717) is 5.92 Å². The lowest BCUT2D eigenvalue weighted by molar-refractivity contribution is 0.0941. The van der Waals surface area contributed by atoms with Gasteiger partial charge in [0, 0.05) is 24.5 Å². The van der Waals surface area contributed by atoms with E-state index in [4.69, 9.17) is 5.73 Å². The van der Waals surface area contributed by atoms with E-state index >= 15 is 0 Å². The van der Waals surface area contributed by atoms with Crippen LogP contribution in [0, 0.1) is 5.92 Å². The van der Waals surface area contributed by atoms with Crippen molar-refractivity contribution >= 4 is 29.2 Å². The third-order valence-corrected chi connectivity index (χ3v) is 3.70. The summed E-state index contributed by atoms with van der Waals surface area (Å²) in [6, 6.07) is 7.90. The highest BCUT2D eigenvalue weighted by molar-refractivity contribution is 5.93. The first-order chi connectivity index (χ1) is 8.56. The van der Waals surface area contributed by atoms with Crippen LogP contribution in [0.1, 0.15) is 43.6 Å². The molecule has 0 amide bonds. The normalized spacial score (nSPS) is 13.9. The number of aromatic nitrogens is 1. The summed E-state index contributed by atoms with van der Waals surface area (Å²) in [5, 5.41) is 1.08. The SMILES string of the molecule is CCC(C)[C@@H](N)c1cn(C(C)=O)c2ccccc12.Cl. The maximum Gasteiger partial charge on any atom is 0.227 e. The van der Waals surface area contributed by atoms with Gasteiger partial charge >= 0.3 is 0 Å². The van der Waals surface area contributed by atoms with Crippen molar-refractivity contribution in [3.63, 3.8) is 0 Å². The molecular weight excluding hydrogens is 260 g/mol. The molecule has 0 radical (unpaired) electrons. The Morgan fingerprint density at radius 2 is 2.00 bits per heavy atom. The summed E-state index contributed by atoms with van der Waals surface area (Å²) in [7, 11) is 0. The van der Waals surface area contributed by atoms with E-state index in [-0.39, 0.29) is 24.4 Å². The highest BCUT2D eigenvalue weighted by atomic mass is 35.5. The van der Waals surface area contributed by atoms with Gasteiger partial charge in [0.1, 0.15) is 0 Å². The van der Waals surface area contributed by atoms with Crippen molar-refractivity contribution in [2.24, 2.45) is 11.7 Å². The molecule has 0 aliphatic heterocycles. The van der Waals surface area contributed by atoms with Crippen molar-refractivity contribution in [3.05, 3.63) is 36.0 Å². The quantitative estimate of drug-likeness (QED) is 0.930. The second kappa shape index (κ2) is 6.22. The molecule has 1 heterocycles. The number of hydrogen-bond donors (Lipinski definition) is 1. The van der Waals surface area contributed by atoms with E-state index < -0.39 is 0 Å². The zero-order chi connectivity index (χ0) is 13.3. The predicted octanol–water partition coefficient (Wildman–Crippen LogP) is 3.77. The zero-order valence-corrected chi connectivity index (χ0v) is 12.4. The van der Waals surface area contributed by atoms with Crippen molar-refractivity contribution in [3.8, 4) is 0 Å². The Kier molecular flexibility index (Phi) is 5.15. The van der Waals surface area contributed by atoms with Gasteiger partial charge in [-0.25, -0.2) is 0 Å². The number of halogens is 1. The Balaban J connectivity index is 0.00000180. The first-order valence-corrected chi connectivity index (χ1v) is 6.42. The van der Waals surface area contributed by atoms with Gasteiger partial charge in [-0.1, -0.05) is 38.5 Å². The molecule has 2 aromatic rings. The molecule has 0 saturated heterocycles. The lowest BCUT2D eigenvalue weighted by atomic mass is 9.93. The average Bonchev–Trinajstić information content (AvgIpc) is 2.76. The summed E-state index contributed by atoms with van der Waals surface area (Å²) in [6.07, 6.45) is 2.92. The van der Waals surface area contributed by atoms with Gasteiger partial charge in [0.05, 0.1) is 5.52 Å². The monoisotopic (exact) mass is 280 g/mol. The number of fused-ring (bicyclic) bond motifs is 1. The standard InChI is InChI=1S/C15H20N2O.ClH/c1-4-10(2)15(16)13-9-17(11(3)18)14-8-6-5-7-12(13)14;/h5-10,15H,4,16H2,1-3H3;1H/t10?,15-;/m1./s1. The molecule has 0 spiro atoms. The van der Waals surface area contributed by atoms with Crippen molar-refractivity contribution in [1.29, 1.82) is 0 Å². The van der Waals surface area contributed by atoms with Gasteiger partial charge in [0.25, 0.3) is 0 Å². The van der Waals surface area contributed by atoms with Crippen molar-refractivity contribution in [1.82, 2.24) is 4.57 Å². The summed E-state index contributed by atoms with van der Waals surface area (Å²) in [5.74, 6) is 0.421. The number of benzene rings is 1. The molecule has 2 N–H and O–H groups in total. The van der Waals surface area contributed by atoms with Gasteiger partial charge in [-0.05, 0) is 17.5 Å². The number of nitrogens with two attached hydrogens (primary N) is 1. The molecule has 0 aliphatic rings. The number of carbonyl (C=O) groups excluding carboxylic acids is 1. The van der Waals surface area contributed by atoms with E-state index in [9.17, 15) is 4.79 Å². The molecule has 104 valence electrons. The van der Waals surface area contributed by atoms with E-state index in [1.54, 1.807) is 11.5 Å². The number of nitrogens with zero attached hydrogens (tertiary/aromatic N) is 1. The number of rotatable bonds is 3. The molecule has 2 rings (SSSR count). The molecule has 1 aromatic heterocycles. The minimum atomic E-state index is -0.0273. The first kappa shape index (κ1) is 15.7. The molecule has 19 heavy (non-hydrogen) atoms. The van der Waals surface area contributed by atoms with E-state index in [0.717, 1.165) is 22.9 Å². The summed E-state index contributed by atoms with van der Waals surface area (Å²) < 4.78 is 1.69. The smallest absolute Gasteiger partial charge is 0.227 e. The summed E-state index contributed by atoms with van der Waals surface area (Å²) in [6.45, 7) is 5.85. The second-order valence-electron chi connectivity index (χ2n) is 4.90. The summed E-state index contributed by atoms with van der Waals surface area (Å²) in [4.78, 5) is 11.7. The number of hydrogen-bond acceptors (Lipinski definition) is 2. The molecule has 0 aliphatic carbocycles. The van der Waals surface area contributed by atoms with E-state index in [2.05, 4.69) is 13.8 Å².